The Bertz CT molecular complexity index is 1280. The Balaban J connectivity index is 1.37. The number of hydrazone groups is 1. The summed E-state index contributed by atoms with van der Waals surface area (Å²) >= 11 is 1.16. The number of nitrogens with one attached hydrogen (secondary N) is 2. The first-order valence-corrected chi connectivity index (χ1v) is 10.7. The molecule has 8 nitrogen and oxygen atoms in total. The fourth-order valence-corrected chi connectivity index (χ4v) is 3.65. The van der Waals surface area contributed by atoms with E-state index in [1.807, 2.05) is 42.5 Å². The third kappa shape index (κ3) is 4.86. The summed E-state index contributed by atoms with van der Waals surface area (Å²) in [6, 6.07) is 19.5. The molecule has 1 aromatic heterocycles. The minimum Gasteiger partial charge on any atom is -0.334 e. The highest BCUT2D eigenvalue weighted by molar-refractivity contribution is 7.99. The van der Waals surface area contributed by atoms with Gasteiger partial charge in [0, 0.05) is 11.1 Å². The van der Waals surface area contributed by atoms with Gasteiger partial charge < -0.3 is 11.2 Å². The van der Waals surface area contributed by atoms with E-state index in [-0.39, 0.29) is 23.4 Å². The van der Waals surface area contributed by atoms with E-state index in [0.29, 0.717) is 10.9 Å². The van der Waals surface area contributed by atoms with E-state index in [4.69, 9.17) is 5.84 Å². The van der Waals surface area contributed by atoms with Crippen LogP contribution in [-0.4, -0.2) is 32.2 Å². The second-order valence-electron chi connectivity index (χ2n) is 6.86. The fraction of sp³-hybridized carbons (Fsp3) is 0.0909. The molecule has 0 saturated carbocycles. The minimum atomic E-state index is -0.317. The number of rotatable bonds is 7. The number of nitrogens with zero attached hydrogens (tertiary/aromatic N) is 4. The van der Waals surface area contributed by atoms with Gasteiger partial charge in [0.1, 0.15) is 5.82 Å². The van der Waals surface area contributed by atoms with Crippen LogP contribution in [0.5, 0.6) is 0 Å². The zero-order chi connectivity index (χ0) is 22.5. The SMILES string of the molecule is C/C(=N\Nc1nnc(SCC(=O)Nc2cccc3ccccc23)n1N)c1ccc(F)cc1. The zero-order valence-electron chi connectivity index (χ0n) is 17.1. The van der Waals surface area contributed by atoms with Crippen molar-refractivity contribution < 1.29 is 9.18 Å². The van der Waals surface area contributed by atoms with Crippen molar-refractivity contribution in [2.24, 2.45) is 5.10 Å². The van der Waals surface area contributed by atoms with Gasteiger partial charge in [0.05, 0.1) is 11.5 Å². The molecule has 0 fully saturated rings. The first kappa shape index (κ1) is 21.3. The second kappa shape index (κ2) is 9.48. The van der Waals surface area contributed by atoms with Crippen molar-refractivity contribution in [3.05, 3.63) is 78.1 Å². The van der Waals surface area contributed by atoms with Crippen molar-refractivity contribution in [1.29, 1.82) is 0 Å². The van der Waals surface area contributed by atoms with Crippen LogP contribution in [0.25, 0.3) is 10.8 Å². The smallest absolute Gasteiger partial charge is 0.264 e. The number of benzene rings is 3. The highest BCUT2D eigenvalue weighted by atomic mass is 32.2. The number of hydrogen-bond donors (Lipinski definition) is 3. The average molecular weight is 450 g/mol. The van der Waals surface area contributed by atoms with Gasteiger partial charge in [0.2, 0.25) is 11.1 Å². The van der Waals surface area contributed by atoms with E-state index < -0.39 is 0 Å². The van der Waals surface area contributed by atoms with Crippen molar-refractivity contribution in [3.8, 4) is 0 Å². The number of halogens is 1. The number of nitrogen functional groups attached to an aromatic ring is 1. The molecule has 0 saturated heterocycles. The summed E-state index contributed by atoms with van der Waals surface area (Å²) in [6.45, 7) is 1.77. The largest absolute Gasteiger partial charge is 0.334 e. The van der Waals surface area contributed by atoms with Crippen LogP contribution in [0.3, 0.4) is 0 Å². The maximum absolute atomic E-state index is 13.1. The standard InChI is InChI=1S/C22H20FN7OS/c1-14(15-9-11-17(23)12-10-15)26-27-21-28-29-22(30(21)24)32-13-20(31)25-19-8-4-6-16-5-2-3-7-18(16)19/h2-12H,13,24H2,1H3,(H,25,31)(H,27,28)/b26-14+. The summed E-state index contributed by atoms with van der Waals surface area (Å²) in [7, 11) is 0. The third-order valence-electron chi connectivity index (χ3n) is 4.65. The number of amides is 1. The second-order valence-corrected chi connectivity index (χ2v) is 7.80. The van der Waals surface area contributed by atoms with Crippen LogP contribution in [0.15, 0.2) is 77.0 Å². The molecular formula is C22H20FN7OS. The van der Waals surface area contributed by atoms with Gasteiger partial charge in [-0.1, -0.05) is 60.3 Å². The highest BCUT2D eigenvalue weighted by Gasteiger charge is 2.13. The average Bonchev–Trinajstić information content (AvgIpc) is 3.16. The quantitative estimate of drug-likeness (QED) is 0.171. The Morgan fingerprint density at radius 1 is 1.09 bits per heavy atom. The molecule has 162 valence electrons. The Hall–Kier alpha value is -3.92. The molecule has 0 atom stereocenters. The number of fused-ring (bicyclic) bond motifs is 1. The van der Waals surface area contributed by atoms with Crippen LogP contribution < -0.4 is 16.6 Å². The normalized spacial score (nSPS) is 11.5. The van der Waals surface area contributed by atoms with Gasteiger partial charge in [0.25, 0.3) is 5.95 Å². The fourth-order valence-electron chi connectivity index (χ4n) is 2.99. The maximum atomic E-state index is 13.1. The number of aromatic nitrogens is 3. The molecule has 0 unspecified atom stereocenters. The number of hydrogen-bond acceptors (Lipinski definition) is 7. The molecule has 0 aliphatic carbocycles. The van der Waals surface area contributed by atoms with Gasteiger partial charge in [-0.15, -0.1) is 10.2 Å². The lowest BCUT2D eigenvalue weighted by Gasteiger charge is -2.08. The maximum Gasteiger partial charge on any atom is 0.264 e. The van der Waals surface area contributed by atoms with Crippen molar-refractivity contribution >= 4 is 45.8 Å². The molecule has 4 rings (SSSR count). The molecule has 1 amide bonds. The van der Waals surface area contributed by atoms with Crippen LogP contribution in [0.1, 0.15) is 12.5 Å². The lowest BCUT2D eigenvalue weighted by molar-refractivity contribution is -0.113. The molecule has 32 heavy (non-hydrogen) atoms. The lowest BCUT2D eigenvalue weighted by Crippen LogP contribution is -2.17. The molecule has 0 bridgehead atoms. The first-order valence-electron chi connectivity index (χ1n) is 9.68. The van der Waals surface area contributed by atoms with Crippen molar-refractivity contribution in [1.82, 2.24) is 14.9 Å². The Labute approximate surface area is 187 Å². The molecule has 3 aromatic carbocycles. The topological polar surface area (TPSA) is 110 Å². The Morgan fingerprint density at radius 3 is 2.66 bits per heavy atom. The molecule has 10 heteroatoms. The van der Waals surface area contributed by atoms with E-state index in [9.17, 15) is 9.18 Å². The summed E-state index contributed by atoms with van der Waals surface area (Å²) in [5.41, 5.74) is 4.86. The van der Waals surface area contributed by atoms with Crippen LogP contribution in [-0.2, 0) is 4.79 Å². The minimum absolute atomic E-state index is 0.108. The monoisotopic (exact) mass is 449 g/mol. The van der Waals surface area contributed by atoms with E-state index in [0.717, 1.165) is 33.8 Å². The molecule has 4 N–H and O–H groups in total. The lowest BCUT2D eigenvalue weighted by atomic mass is 10.1. The third-order valence-corrected chi connectivity index (χ3v) is 5.59. The van der Waals surface area contributed by atoms with E-state index in [1.165, 1.54) is 16.8 Å². The zero-order valence-corrected chi connectivity index (χ0v) is 17.9. The van der Waals surface area contributed by atoms with Crippen molar-refractivity contribution in [2.75, 3.05) is 22.3 Å². The Kier molecular flexibility index (Phi) is 6.31. The summed E-state index contributed by atoms with van der Waals surface area (Å²) in [6.07, 6.45) is 0. The highest BCUT2D eigenvalue weighted by Crippen LogP contribution is 2.24. The number of anilines is 2. The van der Waals surface area contributed by atoms with Gasteiger partial charge >= 0.3 is 0 Å². The molecule has 0 radical (unpaired) electrons. The number of nitrogens with two attached hydrogens (primary N) is 1. The molecule has 4 aromatic rings. The first-order chi connectivity index (χ1) is 15.5. The predicted molar refractivity (Wildman–Crippen MR) is 126 cm³/mol. The summed E-state index contributed by atoms with van der Waals surface area (Å²) in [4.78, 5) is 12.4. The Morgan fingerprint density at radius 2 is 1.84 bits per heavy atom. The molecule has 0 aliphatic heterocycles. The van der Waals surface area contributed by atoms with Gasteiger partial charge in [-0.05, 0) is 36.1 Å². The summed E-state index contributed by atoms with van der Waals surface area (Å²) in [5, 5.41) is 17.4. The van der Waals surface area contributed by atoms with E-state index >= 15 is 0 Å². The van der Waals surface area contributed by atoms with E-state index in [2.05, 4.69) is 26.0 Å². The van der Waals surface area contributed by atoms with Gasteiger partial charge in [-0.3, -0.25) is 4.79 Å². The number of thioether (sulfide) groups is 1. The van der Waals surface area contributed by atoms with Gasteiger partial charge in [0.15, 0.2) is 0 Å². The summed E-state index contributed by atoms with van der Waals surface area (Å²) in [5.74, 6) is 5.83. The predicted octanol–water partition coefficient (Wildman–Crippen LogP) is 3.85. The van der Waals surface area contributed by atoms with Crippen LogP contribution in [0.2, 0.25) is 0 Å². The molecular weight excluding hydrogens is 429 g/mol. The van der Waals surface area contributed by atoms with E-state index in [1.54, 1.807) is 19.1 Å². The number of carbonyl (C=O) groups excluding carboxylic acids is 1. The summed E-state index contributed by atoms with van der Waals surface area (Å²) < 4.78 is 14.3. The van der Waals surface area contributed by atoms with Crippen LogP contribution >= 0.6 is 11.8 Å². The van der Waals surface area contributed by atoms with Crippen molar-refractivity contribution in [3.63, 3.8) is 0 Å². The molecule has 1 heterocycles. The van der Waals surface area contributed by atoms with Gasteiger partial charge in [-0.2, -0.15) is 5.10 Å². The van der Waals surface area contributed by atoms with Crippen molar-refractivity contribution in [2.45, 2.75) is 12.1 Å². The molecule has 0 aliphatic rings. The van der Waals surface area contributed by atoms with Crippen LogP contribution in [0, 0.1) is 5.82 Å². The number of carbonyl (C=O) groups is 1. The van der Waals surface area contributed by atoms with Crippen LogP contribution in [0.4, 0.5) is 16.0 Å². The van der Waals surface area contributed by atoms with Gasteiger partial charge in [-0.25, -0.2) is 14.5 Å². The molecule has 0 spiro atoms.